The lowest BCUT2D eigenvalue weighted by Gasteiger charge is -2.10. The van der Waals surface area contributed by atoms with E-state index in [1.807, 2.05) is 59.3 Å². The first-order valence-corrected chi connectivity index (χ1v) is 15.5. The third-order valence-corrected chi connectivity index (χ3v) is 8.64. The molecule has 1 heterocycles. The molecule has 5 rings (SSSR count). The highest BCUT2D eigenvalue weighted by Gasteiger charge is 2.15. The van der Waals surface area contributed by atoms with Crippen molar-refractivity contribution in [3.8, 4) is 22.4 Å². The molecule has 10 heteroatoms. The summed E-state index contributed by atoms with van der Waals surface area (Å²) >= 11 is 12.6. The maximum absolute atomic E-state index is 12.0. The molecule has 214 valence electrons. The van der Waals surface area contributed by atoms with E-state index in [0.29, 0.717) is 34.4 Å². The van der Waals surface area contributed by atoms with Crippen LogP contribution in [0.4, 0.5) is 5.69 Å². The molecule has 0 bridgehead atoms. The third-order valence-electron chi connectivity index (χ3n) is 6.79. The average Bonchev–Trinajstić information content (AvgIpc) is 3.35. The second-order valence-corrected chi connectivity index (χ2v) is 12.6. The summed E-state index contributed by atoms with van der Waals surface area (Å²) in [5.41, 5.74) is 6.02. The summed E-state index contributed by atoms with van der Waals surface area (Å²) in [7, 11) is -3.37. The van der Waals surface area contributed by atoms with E-state index in [9.17, 15) is 18.3 Å². The lowest BCUT2D eigenvalue weighted by atomic mass is 10.0. The van der Waals surface area contributed by atoms with Crippen LogP contribution in [0.1, 0.15) is 34.2 Å². The predicted octanol–water partition coefficient (Wildman–Crippen LogP) is 7.62. The van der Waals surface area contributed by atoms with Gasteiger partial charge < -0.3 is 9.67 Å². The molecule has 0 radical (unpaired) electrons. The lowest BCUT2D eigenvalue weighted by molar-refractivity contribution is 0.0697. The van der Waals surface area contributed by atoms with Gasteiger partial charge in [-0.25, -0.2) is 18.2 Å². The number of carboxylic acid groups (broad SMARTS) is 1. The van der Waals surface area contributed by atoms with E-state index in [1.165, 1.54) is 0 Å². The molecule has 4 aromatic carbocycles. The van der Waals surface area contributed by atoms with E-state index in [-0.39, 0.29) is 11.3 Å². The summed E-state index contributed by atoms with van der Waals surface area (Å²) in [6, 6.07) is 27.4. The number of aromatic carboxylic acids is 1. The summed E-state index contributed by atoms with van der Waals surface area (Å²) < 4.78 is 28.6. The van der Waals surface area contributed by atoms with Crippen molar-refractivity contribution in [3.63, 3.8) is 0 Å². The Morgan fingerprint density at radius 1 is 0.905 bits per heavy atom. The van der Waals surface area contributed by atoms with Crippen LogP contribution in [0.25, 0.3) is 22.4 Å². The monoisotopic (exact) mass is 619 g/mol. The quantitative estimate of drug-likeness (QED) is 0.167. The van der Waals surface area contributed by atoms with E-state index in [0.717, 1.165) is 33.6 Å². The van der Waals surface area contributed by atoms with Crippen LogP contribution in [-0.4, -0.2) is 34.8 Å². The average molecular weight is 621 g/mol. The number of benzene rings is 4. The Bertz CT molecular complexity index is 1850. The molecule has 0 saturated heterocycles. The van der Waals surface area contributed by atoms with Gasteiger partial charge >= 0.3 is 5.97 Å². The van der Waals surface area contributed by atoms with Crippen molar-refractivity contribution < 1.29 is 18.3 Å². The van der Waals surface area contributed by atoms with Gasteiger partial charge in [-0.3, -0.25) is 4.72 Å². The van der Waals surface area contributed by atoms with E-state index >= 15 is 0 Å². The minimum Gasteiger partial charge on any atom is -0.478 e. The van der Waals surface area contributed by atoms with E-state index in [1.54, 1.807) is 49.4 Å². The van der Waals surface area contributed by atoms with Crippen molar-refractivity contribution >= 4 is 44.9 Å². The molecule has 5 aromatic rings. The molecule has 42 heavy (non-hydrogen) atoms. The molecule has 0 saturated carbocycles. The smallest absolute Gasteiger partial charge is 0.335 e. The predicted molar refractivity (Wildman–Crippen MR) is 168 cm³/mol. The zero-order valence-corrected chi connectivity index (χ0v) is 24.9. The van der Waals surface area contributed by atoms with Crippen molar-refractivity contribution in [2.45, 2.75) is 19.9 Å². The maximum Gasteiger partial charge on any atom is 0.335 e. The second kappa shape index (κ2) is 12.4. The highest BCUT2D eigenvalue weighted by molar-refractivity contribution is 7.92. The molecule has 7 nitrogen and oxygen atoms in total. The number of imidazole rings is 1. The third kappa shape index (κ3) is 7.02. The molecule has 0 aliphatic rings. The standard InChI is InChI=1S/C32H27Cl2N3O4S/c1-2-42(40,41)36-27-5-3-4-25(17-27)23-10-6-21(7-11-23)16-31-35-30(28-15-14-26(33)18-29(28)34)20-37(31)19-22-8-12-24(13-9-22)32(38)39/h3-15,17-18,20,36H,2,16,19H2,1H3,(H,38,39). The van der Waals surface area contributed by atoms with Crippen molar-refractivity contribution in [1.29, 1.82) is 0 Å². The normalized spacial score (nSPS) is 11.4. The van der Waals surface area contributed by atoms with Gasteiger partial charge in [-0.2, -0.15) is 0 Å². The van der Waals surface area contributed by atoms with Crippen LogP contribution in [0.5, 0.6) is 0 Å². The Balaban J connectivity index is 1.43. The number of rotatable bonds is 10. The first kappa shape index (κ1) is 29.4. The molecule has 0 amide bonds. The number of hydrogen-bond donors (Lipinski definition) is 2. The van der Waals surface area contributed by atoms with Crippen molar-refractivity contribution in [2.75, 3.05) is 10.5 Å². The zero-order chi connectivity index (χ0) is 29.9. The van der Waals surface area contributed by atoms with E-state index < -0.39 is 16.0 Å². The number of nitrogens with one attached hydrogen (secondary N) is 1. The van der Waals surface area contributed by atoms with Gasteiger partial charge in [-0.1, -0.05) is 71.7 Å². The largest absolute Gasteiger partial charge is 0.478 e. The Hall–Kier alpha value is -4.11. The number of anilines is 1. The Morgan fingerprint density at radius 3 is 2.29 bits per heavy atom. The molecule has 0 spiro atoms. The van der Waals surface area contributed by atoms with Gasteiger partial charge in [0.15, 0.2) is 0 Å². The fraction of sp³-hybridized carbons (Fsp3) is 0.125. The molecule has 0 aliphatic heterocycles. The molecular weight excluding hydrogens is 593 g/mol. The van der Waals surface area contributed by atoms with Crippen LogP contribution in [0.15, 0.2) is 97.2 Å². The minimum absolute atomic E-state index is 0.00126. The van der Waals surface area contributed by atoms with Crippen LogP contribution in [-0.2, 0) is 23.0 Å². The Kier molecular flexibility index (Phi) is 8.68. The van der Waals surface area contributed by atoms with Gasteiger partial charge in [-0.05, 0) is 71.6 Å². The first-order chi connectivity index (χ1) is 20.1. The van der Waals surface area contributed by atoms with Gasteiger partial charge in [0.25, 0.3) is 0 Å². The van der Waals surface area contributed by atoms with Crippen LogP contribution in [0, 0.1) is 0 Å². The molecular formula is C32H27Cl2N3O4S. The number of sulfonamides is 1. The van der Waals surface area contributed by atoms with Gasteiger partial charge in [0, 0.05) is 35.4 Å². The lowest BCUT2D eigenvalue weighted by Crippen LogP contribution is -2.14. The minimum atomic E-state index is -3.37. The molecule has 0 unspecified atom stereocenters. The van der Waals surface area contributed by atoms with Crippen LogP contribution >= 0.6 is 23.2 Å². The van der Waals surface area contributed by atoms with Crippen LogP contribution in [0.2, 0.25) is 10.0 Å². The molecule has 0 atom stereocenters. The molecule has 1 aromatic heterocycles. The number of nitrogens with zero attached hydrogens (tertiary/aromatic N) is 2. The van der Waals surface area contributed by atoms with E-state index in [2.05, 4.69) is 4.72 Å². The summed E-state index contributed by atoms with van der Waals surface area (Å²) in [6.07, 6.45) is 2.47. The highest BCUT2D eigenvalue weighted by atomic mass is 35.5. The van der Waals surface area contributed by atoms with Crippen LogP contribution < -0.4 is 4.72 Å². The summed E-state index contributed by atoms with van der Waals surface area (Å²) in [6.45, 7) is 2.09. The van der Waals surface area contributed by atoms with Crippen molar-refractivity contribution in [2.24, 2.45) is 0 Å². The molecule has 0 aliphatic carbocycles. The summed E-state index contributed by atoms with van der Waals surface area (Å²) in [5, 5.41) is 10.3. The fourth-order valence-electron chi connectivity index (χ4n) is 4.52. The topological polar surface area (TPSA) is 101 Å². The molecule has 2 N–H and O–H groups in total. The van der Waals surface area contributed by atoms with Gasteiger partial charge in [0.2, 0.25) is 10.0 Å². The number of carbonyl (C=O) groups is 1. The Labute approximate surface area is 254 Å². The molecule has 0 fully saturated rings. The number of aromatic nitrogens is 2. The summed E-state index contributed by atoms with van der Waals surface area (Å²) in [4.78, 5) is 16.2. The van der Waals surface area contributed by atoms with Gasteiger partial charge in [0.05, 0.1) is 22.0 Å². The van der Waals surface area contributed by atoms with Crippen LogP contribution in [0.3, 0.4) is 0 Å². The zero-order valence-electron chi connectivity index (χ0n) is 22.6. The summed E-state index contributed by atoms with van der Waals surface area (Å²) in [5.74, 6) is -0.162. The second-order valence-electron chi connectivity index (χ2n) is 9.76. The number of carboxylic acids is 1. The maximum atomic E-state index is 12.0. The van der Waals surface area contributed by atoms with E-state index in [4.69, 9.17) is 28.2 Å². The highest BCUT2D eigenvalue weighted by Crippen LogP contribution is 2.31. The van der Waals surface area contributed by atoms with Crippen molar-refractivity contribution in [1.82, 2.24) is 9.55 Å². The van der Waals surface area contributed by atoms with Gasteiger partial charge in [0.1, 0.15) is 5.82 Å². The number of hydrogen-bond acceptors (Lipinski definition) is 4. The van der Waals surface area contributed by atoms with Gasteiger partial charge in [-0.15, -0.1) is 0 Å². The first-order valence-electron chi connectivity index (χ1n) is 13.1. The SMILES string of the molecule is CCS(=O)(=O)Nc1cccc(-c2ccc(Cc3nc(-c4ccc(Cl)cc4Cl)cn3Cc3ccc(C(=O)O)cc3)cc2)c1. The Morgan fingerprint density at radius 2 is 1.62 bits per heavy atom. The number of halogens is 2. The fourth-order valence-corrected chi connectivity index (χ4v) is 5.66. The van der Waals surface area contributed by atoms with Crippen molar-refractivity contribution in [3.05, 3.63) is 130 Å².